The second-order valence-electron chi connectivity index (χ2n) is 6.29. The van der Waals surface area contributed by atoms with Crippen LogP contribution in [0, 0.1) is 0 Å². The Bertz CT molecular complexity index is 999. The van der Waals surface area contributed by atoms with E-state index in [1.807, 2.05) is 42.7 Å². The van der Waals surface area contributed by atoms with Crippen molar-refractivity contribution in [3.05, 3.63) is 77.2 Å². The van der Waals surface area contributed by atoms with Crippen LogP contribution in [0.5, 0.6) is 5.88 Å². The fraction of sp³-hybridized carbons (Fsp3) is 0.250. The van der Waals surface area contributed by atoms with E-state index in [2.05, 4.69) is 39.0 Å². The first-order valence-corrected chi connectivity index (χ1v) is 9.79. The van der Waals surface area contributed by atoms with Crippen LogP contribution in [-0.4, -0.2) is 42.7 Å². The van der Waals surface area contributed by atoms with E-state index >= 15 is 0 Å². The van der Waals surface area contributed by atoms with Crippen LogP contribution in [0.3, 0.4) is 0 Å². The van der Waals surface area contributed by atoms with Crippen LogP contribution in [0.2, 0.25) is 0 Å². The van der Waals surface area contributed by atoms with E-state index in [1.165, 1.54) is 27.7 Å². The van der Waals surface area contributed by atoms with Gasteiger partial charge in [0.15, 0.2) is 0 Å². The fourth-order valence-electron chi connectivity index (χ4n) is 3.33. The first-order chi connectivity index (χ1) is 13.3. The Morgan fingerprint density at radius 3 is 2.63 bits per heavy atom. The maximum Gasteiger partial charge on any atom is 0.230 e. The molecule has 0 spiro atoms. The van der Waals surface area contributed by atoms with Crippen LogP contribution in [0.4, 0.5) is 0 Å². The number of aromatic hydroxyl groups is 1. The highest BCUT2D eigenvalue weighted by Crippen LogP contribution is 2.39. The maximum absolute atomic E-state index is 10.8. The van der Waals surface area contributed by atoms with E-state index < -0.39 is 0 Å². The highest BCUT2D eigenvalue weighted by atomic mass is 32.1. The summed E-state index contributed by atoms with van der Waals surface area (Å²) < 4.78 is 1.51. The summed E-state index contributed by atoms with van der Waals surface area (Å²) in [4.78, 5) is 12.3. The molecule has 1 aromatic carbocycles. The molecule has 3 heterocycles. The van der Waals surface area contributed by atoms with E-state index in [4.69, 9.17) is 0 Å². The van der Waals surface area contributed by atoms with Gasteiger partial charge in [-0.2, -0.15) is 9.61 Å². The number of hydrogen-bond donors (Lipinski definition) is 1. The summed E-state index contributed by atoms with van der Waals surface area (Å²) in [5.74, 6) is 0.170. The van der Waals surface area contributed by atoms with E-state index in [0.29, 0.717) is 4.96 Å². The van der Waals surface area contributed by atoms with E-state index in [9.17, 15) is 5.11 Å². The van der Waals surface area contributed by atoms with Gasteiger partial charge in [0.1, 0.15) is 6.33 Å². The Hall–Kier alpha value is -2.77. The molecule has 1 unspecified atom stereocenters. The van der Waals surface area contributed by atoms with Crippen molar-refractivity contribution in [2.24, 2.45) is 0 Å². The van der Waals surface area contributed by atoms with Gasteiger partial charge in [0.2, 0.25) is 10.8 Å². The summed E-state index contributed by atoms with van der Waals surface area (Å²) in [5.41, 5.74) is 2.40. The van der Waals surface area contributed by atoms with E-state index in [0.717, 1.165) is 30.0 Å². The average molecular weight is 379 g/mol. The summed E-state index contributed by atoms with van der Waals surface area (Å²) in [5, 5.41) is 14.9. The number of pyridine rings is 1. The van der Waals surface area contributed by atoms with Crippen molar-refractivity contribution in [3.63, 3.8) is 0 Å². The molecule has 3 aromatic heterocycles. The van der Waals surface area contributed by atoms with Gasteiger partial charge in [-0.15, -0.1) is 0 Å². The molecule has 0 radical (unpaired) electrons. The third-order valence-electron chi connectivity index (χ3n) is 4.71. The van der Waals surface area contributed by atoms with Crippen molar-refractivity contribution in [2.75, 3.05) is 13.1 Å². The SMILES string of the molecule is CCN(CCc1ccncc1)C(c1ccccc1)c1sc2ncnn2c1O. The first-order valence-electron chi connectivity index (χ1n) is 8.97. The Labute approximate surface area is 161 Å². The molecule has 0 bridgehead atoms. The minimum absolute atomic E-state index is 0.0495. The molecule has 27 heavy (non-hydrogen) atoms. The Balaban J connectivity index is 1.70. The zero-order valence-corrected chi connectivity index (χ0v) is 15.9. The molecule has 1 N–H and O–H groups in total. The third-order valence-corrected chi connectivity index (χ3v) is 5.80. The number of benzene rings is 1. The molecule has 0 aliphatic rings. The van der Waals surface area contributed by atoms with Crippen LogP contribution in [0.1, 0.15) is 29.0 Å². The quantitative estimate of drug-likeness (QED) is 0.532. The molecule has 138 valence electrons. The molecule has 0 saturated carbocycles. The van der Waals surface area contributed by atoms with Crippen molar-refractivity contribution < 1.29 is 5.11 Å². The second-order valence-corrected chi connectivity index (χ2v) is 7.30. The van der Waals surface area contributed by atoms with Crippen LogP contribution in [0.15, 0.2) is 61.2 Å². The van der Waals surface area contributed by atoms with Gasteiger partial charge in [-0.3, -0.25) is 9.88 Å². The number of thiazole rings is 1. The standard InChI is InChI=1S/C20H21N5OS/c1-2-24(13-10-15-8-11-21-12-9-15)17(16-6-4-3-5-7-16)18-19(26)25-20(27-18)22-14-23-25/h3-9,11-12,14,17,26H,2,10,13H2,1H3. The summed E-state index contributed by atoms with van der Waals surface area (Å²) in [6, 6.07) is 14.3. The third kappa shape index (κ3) is 3.56. The van der Waals surface area contributed by atoms with Gasteiger partial charge in [-0.05, 0) is 36.2 Å². The maximum atomic E-state index is 10.8. The van der Waals surface area contributed by atoms with Crippen molar-refractivity contribution >= 4 is 16.3 Å². The van der Waals surface area contributed by atoms with Crippen LogP contribution >= 0.6 is 11.3 Å². The van der Waals surface area contributed by atoms with Crippen molar-refractivity contribution in [1.82, 2.24) is 24.5 Å². The molecular weight excluding hydrogens is 358 g/mol. The Morgan fingerprint density at radius 1 is 1.15 bits per heavy atom. The van der Waals surface area contributed by atoms with E-state index in [-0.39, 0.29) is 11.9 Å². The minimum atomic E-state index is -0.0495. The lowest BCUT2D eigenvalue weighted by Crippen LogP contribution is -2.31. The predicted molar refractivity (Wildman–Crippen MR) is 106 cm³/mol. The smallest absolute Gasteiger partial charge is 0.230 e. The molecule has 4 rings (SSSR count). The van der Waals surface area contributed by atoms with Crippen molar-refractivity contribution in [1.29, 1.82) is 0 Å². The molecule has 0 aliphatic carbocycles. The van der Waals surface area contributed by atoms with Gasteiger partial charge in [-0.1, -0.05) is 48.6 Å². The largest absolute Gasteiger partial charge is 0.492 e. The van der Waals surface area contributed by atoms with Crippen LogP contribution < -0.4 is 0 Å². The zero-order valence-electron chi connectivity index (χ0n) is 15.1. The summed E-state index contributed by atoms with van der Waals surface area (Å²) in [6.45, 7) is 3.88. The van der Waals surface area contributed by atoms with Crippen molar-refractivity contribution in [3.8, 4) is 5.88 Å². The van der Waals surface area contributed by atoms with Gasteiger partial charge in [-0.25, -0.2) is 4.98 Å². The van der Waals surface area contributed by atoms with Gasteiger partial charge >= 0.3 is 0 Å². The molecule has 7 heteroatoms. The summed E-state index contributed by atoms with van der Waals surface area (Å²) >= 11 is 1.49. The lowest BCUT2D eigenvalue weighted by molar-refractivity contribution is 0.238. The molecule has 0 aliphatic heterocycles. The van der Waals surface area contributed by atoms with Crippen LogP contribution in [0.25, 0.3) is 4.96 Å². The second kappa shape index (κ2) is 7.85. The molecule has 4 aromatic rings. The molecular formula is C20H21N5OS. The molecule has 0 saturated heterocycles. The molecule has 0 amide bonds. The van der Waals surface area contributed by atoms with Crippen LogP contribution in [-0.2, 0) is 6.42 Å². The number of hydrogen-bond acceptors (Lipinski definition) is 6. The van der Waals surface area contributed by atoms with Crippen molar-refractivity contribution in [2.45, 2.75) is 19.4 Å². The van der Waals surface area contributed by atoms with Gasteiger partial charge in [0.05, 0.1) is 10.9 Å². The molecule has 1 atom stereocenters. The fourth-order valence-corrected chi connectivity index (χ4v) is 4.42. The number of fused-ring (bicyclic) bond motifs is 1. The summed E-state index contributed by atoms with van der Waals surface area (Å²) in [7, 11) is 0. The number of nitrogens with zero attached hydrogens (tertiary/aromatic N) is 5. The number of rotatable bonds is 7. The predicted octanol–water partition coefficient (Wildman–Crippen LogP) is 3.55. The highest BCUT2D eigenvalue weighted by Gasteiger charge is 2.28. The monoisotopic (exact) mass is 379 g/mol. The van der Waals surface area contributed by atoms with Gasteiger partial charge < -0.3 is 5.11 Å². The minimum Gasteiger partial charge on any atom is -0.492 e. The summed E-state index contributed by atoms with van der Waals surface area (Å²) in [6.07, 6.45) is 6.04. The molecule has 0 fully saturated rings. The lowest BCUT2D eigenvalue weighted by Gasteiger charge is -2.30. The number of likely N-dealkylation sites (N-methyl/N-ethyl adjacent to an activating group) is 1. The highest BCUT2D eigenvalue weighted by molar-refractivity contribution is 7.17. The first kappa shape index (κ1) is 17.6. The molecule has 6 nitrogen and oxygen atoms in total. The Morgan fingerprint density at radius 2 is 1.93 bits per heavy atom. The topological polar surface area (TPSA) is 66.6 Å². The lowest BCUT2D eigenvalue weighted by atomic mass is 10.0. The zero-order chi connectivity index (χ0) is 18.6. The normalized spacial score (nSPS) is 12.7. The average Bonchev–Trinajstić information content (AvgIpc) is 3.30. The number of aromatic nitrogens is 4. The van der Waals surface area contributed by atoms with Gasteiger partial charge in [0, 0.05) is 18.9 Å². The van der Waals surface area contributed by atoms with E-state index in [1.54, 1.807) is 0 Å². The van der Waals surface area contributed by atoms with Gasteiger partial charge in [0.25, 0.3) is 0 Å². The Kier molecular flexibility index (Phi) is 5.13.